The first-order valence-electron chi connectivity index (χ1n) is 3.77. The molecule has 2 aromatic rings. The maximum absolute atomic E-state index is 8.65. The number of imidazole rings is 1. The van der Waals surface area contributed by atoms with Gasteiger partial charge in [0.1, 0.15) is 5.65 Å². The first kappa shape index (κ1) is 10.8. The zero-order valence-electron chi connectivity index (χ0n) is 7.14. The van der Waals surface area contributed by atoms with Crippen molar-refractivity contribution in [1.29, 1.82) is 5.26 Å². The van der Waals surface area contributed by atoms with E-state index in [0.29, 0.717) is 11.4 Å². The molecule has 0 spiro atoms. The second-order valence-corrected chi connectivity index (χ2v) is 2.93. The summed E-state index contributed by atoms with van der Waals surface area (Å²) in [5.41, 5.74) is 2.19. The van der Waals surface area contributed by atoms with E-state index in [2.05, 4.69) is 11.1 Å². The van der Waals surface area contributed by atoms with Gasteiger partial charge in [0.2, 0.25) is 0 Å². The van der Waals surface area contributed by atoms with E-state index in [1.807, 2.05) is 10.6 Å². The number of rotatable bonds is 1. The van der Waals surface area contributed by atoms with E-state index in [1.54, 1.807) is 18.3 Å². The number of nitriles is 1. The van der Waals surface area contributed by atoms with E-state index in [0.717, 1.165) is 11.3 Å². The minimum absolute atomic E-state index is 0. The summed E-state index contributed by atoms with van der Waals surface area (Å²) in [4.78, 5) is 4.22. The van der Waals surface area contributed by atoms with Gasteiger partial charge in [-0.2, -0.15) is 5.26 Å². The summed E-state index contributed by atoms with van der Waals surface area (Å²) in [5.74, 6) is 0.392. The van der Waals surface area contributed by atoms with Gasteiger partial charge in [-0.1, -0.05) is 0 Å². The normalized spacial score (nSPS) is 9.43. The number of hydrogen-bond donors (Lipinski definition) is 0. The second kappa shape index (κ2) is 4.32. The summed E-state index contributed by atoms with van der Waals surface area (Å²) in [6.07, 6.45) is 3.65. The van der Waals surface area contributed by atoms with Gasteiger partial charge in [0.25, 0.3) is 0 Å². The lowest BCUT2D eigenvalue weighted by Gasteiger charge is -1.90. The van der Waals surface area contributed by atoms with Gasteiger partial charge in [-0.3, -0.25) is 0 Å². The van der Waals surface area contributed by atoms with E-state index in [9.17, 15) is 0 Å². The third-order valence-electron chi connectivity index (χ3n) is 1.78. The Bertz CT molecular complexity index is 484. The summed E-state index contributed by atoms with van der Waals surface area (Å²) in [6.45, 7) is 0. The molecule has 14 heavy (non-hydrogen) atoms. The van der Waals surface area contributed by atoms with E-state index in [1.165, 1.54) is 0 Å². The van der Waals surface area contributed by atoms with Crippen LogP contribution in [0, 0.1) is 11.3 Å². The molecule has 0 radical (unpaired) electrons. The van der Waals surface area contributed by atoms with Gasteiger partial charge in [0, 0.05) is 12.4 Å². The summed E-state index contributed by atoms with van der Waals surface area (Å²) in [6, 6.07) is 5.53. The quantitative estimate of drug-likeness (QED) is 0.703. The van der Waals surface area contributed by atoms with Crippen molar-refractivity contribution >= 4 is 29.7 Å². The van der Waals surface area contributed by atoms with Gasteiger partial charge < -0.3 is 4.40 Å². The molecule has 0 aliphatic heterocycles. The molecule has 0 aromatic carbocycles. The van der Waals surface area contributed by atoms with Gasteiger partial charge in [-0.25, -0.2) is 4.98 Å². The Morgan fingerprint density at radius 1 is 1.57 bits per heavy atom. The van der Waals surface area contributed by atoms with E-state index >= 15 is 0 Å². The molecule has 0 saturated heterocycles. The Hall–Kier alpha value is -1.24. The molecule has 0 aliphatic carbocycles. The molecule has 0 bridgehead atoms. The Kier molecular flexibility index (Phi) is 3.34. The van der Waals surface area contributed by atoms with Crippen LogP contribution >= 0.6 is 24.0 Å². The molecule has 2 rings (SSSR count). The van der Waals surface area contributed by atoms with Crippen LogP contribution in [0.5, 0.6) is 0 Å². The van der Waals surface area contributed by atoms with E-state index in [-0.39, 0.29) is 12.4 Å². The number of hydrogen-bond acceptors (Lipinski definition) is 2. The molecular formula is C9H7Cl2N3. The predicted octanol–water partition coefficient (Wildman–Crippen LogP) is 2.37. The third-order valence-corrected chi connectivity index (χ3v) is 2.05. The van der Waals surface area contributed by atoms with Gasteiger partial charge in [-0.05, 0) is 12.1 Å². The summed E-state index contributed by atoms with van der Waals surface area (Å²) >= 11 is 5.63. The maximum atomic E-state index is 8.65. The van der Waals surface area contributed by atoms with Crippen LogP contribution in [0.3, 0.4) is 0 Å². The lowest BCUT2D eigenvalue weighted by molar-refractivity contribution is 1.18. The molecule has 5 heteroatoms. The number of halogens is 2. The molecule has 0 amide bonds. The van der Waals surface area contributed by atoms with Crippen LogP contribution < -0.4 is 0 Å². The number of fused-ring (bicyclic) bond motifs is 1. The molecule has 2 aromatic heterocycles. The summed E-state index contributed by atoms with van der Waals surface area (Å²) in [7, 11) is 0. The Labute approximate surface area is 92.3 Å². The van der Waals surface area contributed by atoms with Crippen molar-refractivity contribution < 1.29 is 0 Å². The number of nitrogens with zero attached hydrogens (tertiary/aromatic N) is 3. The highest BCUT2D eigenvalue weighted by molar-refractivity contribution is 6.16. The van der Waals surface area contributed by atoms with Crippen LogP contribution in [0.2, 0.25) is 0 Å². The van der Waals surface area contributed by atoms with Gasteiger partial charge in [0.15, 0.2) is 0 Å². The van der Waals surface area contributed by atoms with Crippen LogP contribution in [-0.4, -0.2) is 9.38 Å². The van der Waals surface area contributed by atoms with Crippen LogP contribution in [0.15, 0.2) is 24.5 Å². The van der Waals surface area contributed by atoms with Crippen LogP contribution in [-0.2, 0) is 5.88 Å². The minimum Gasteiger partial charge on any atom is -0.307 e. The molecule has 0 saturated carbocycles. The average Bonchev–Trinajstić information content (AvgIpc) is 2.58. The topological polar surface area (TPSA) is 41.1 Å². The van der Waals surface area contributed by atoms with Crippen molar-refractivity contribution in [2.45, 2.75) is 5.88 Å². The van der Waals surface area contributed by atoms with Crippen molar-refractivity contribution in [3.63, 3.8) is 0 Å². The average molecular weight is 228 g/mol. The van der Waals surface area contributed by atoms with Crippen LogP contribution in [0.1, 0.15) is 11.3 Å². The SMILES string of the molecule is Cl.N#Cc1ccn2cc(CCl)nc2c1. The first-order chi connectivity index (χ1) is 6.33. The van der Waals surface area contributed by atoms with Crippen molar-refractivity contribution in [3.05, 3.63) is 35.8 Å². The fourth-order valence-electron chi connectivity index (χ4n) is 1.17. The molecule has 0 unspecified atom stereocenters. The zero-order chi connectivity index (χ0) is 9.26. The van der Waals surface area contributed by atoms with Crippen LogP contribution in [0.25, 0.3) is 5.65 Å². The fourth-order valence-corrected chi connectivity index (χ4v) is 1.30. The Balaban J connectivity index is 0.000000980. The summed E-state index contributed by atoms with van der Waals surface area (Å²) in [5, 5.41) is 8.65. The van der Waals surface area contributed by atoms with E-state index in [4.69, 9.17) is 16.9 Å². The summed E-state index contributed by atoms with van der Waals surface area (Å²) < 4.78 is 1.85. The van der Waals surface area contributed by atoms with Crippen molar-refractivity contribution in [3.8, 4) is 6.07 Å². The molecule has 3 nitrogen and oxygen atoms in total. The van der Waals surface area contributed by atoms with Crippen molar-refractivity contribution in [2.75, 3.05) is 0 Å². The number of aromatic nitrogens is 2. The third kappa shape index (κ3) is 1.82. The van der Waals surface area contributed by atoms with Crippen molar-refractivity contribution in [2.24, 2.45) is 0 Å². The van der Waals surface area contributed by atoms with Crippen molar-refractivity contribution in [1.82, 2.24) is 9.38 Å². The minimum atomic E-state index is 0. The Morgan fingerprint density at radius 3 is 3.00 bits per heavy atom. The molecular weight excluding hydrogens is 221 g/mol. The number of alkyl halides is 1. The zero-order valence-corrected chi connectivity index (χ0v) is 8.72. The smallest absolute Gasteiger partial charge is 0.138 e. The molecule has 72 valence electrons. The largest absolute Gasteiger partial charge is 0.307 e. The standard InChI is InChI=1S/C9H6ClN3.ClH/c10-4-8-6-13-2-1-7(5-11)3-9(13)12-8;/h1-3,6H,4H2;1H. The maximum Gasteiger partial charge on any atom is 0.138 e. The van der Waals surface area contributed by atoms with Gasteiger partial charge in [-0.15, -0.1) is 24.0 Å². The van der Waals surface area contributed by atoms with Gasteiger partial charge in [0.05, 0.1) is 23.2 Å². The molecule has 2 heterocycles. The van der Waals surface area contributed by atoms with E-state index < -0.39 is 0 Å². The molecule has 0 N–H and O–H groups in total. The van der Waals surface area contributed by atoms with Gasteiger partial charge >= 0.3 is 0 Å². The first-order valence-corrected chi connectivity index (χ1v) is 4.30. The highest BCUT2D eigenvalue weighted by Crippen LogP contribution is 2.08. The molecule has 0 aliphatic rings. The predicted molar refractivity (Wildman–Crippen MR) is 56.7 cm³/mol. The van der Waals surface area contributed by atoms with Crippen LogP contribution in [0.4, 0.5) is 0 Å². The fraction of sp³-hybridized carbons (Fsp3) is 0.111. The lowest BCUT2D eigenvalue weighted by Crippen LogP contribution is -1.82. The Morgan fingerprint density at radius 2 is 2.36 bits per heavy atom. The molecule has 0 fully saturated rings. The highest BCUT2D eigenvalue weighted by atomic mass is 35.5. The molecule has 0 atom stereocenters. The number of pyridine rings is 1. The monoisotopic (exact) mass is 227 g/mol. The second-order valence-electron chi connectivity index (χ2n) is 2.66. The highest BCUT2D eigenvalue weighted by Gasteiger charge is 2.00. The lowest BCUT2D eigenvalue weighted by atomic mass is 10.3.